The number of benzene rings is 2. The number of carbonyl (C=O) groups excluding carboxylic acids is 1. The van der Waals surface area contributed by atoms with Crippen LogP contribution in [0.15, 0.2) is 42.5 Å². The minimum Gasteiger partial charge on any atom is -0.481 e. The number of aryl methyl sites for hydroxylation is 2. The third-order valence-electron chi connectivity index (χ3n) is 5.92. The SMILES string of the molecule is Cc1ccc(C)c(O[C@H](C)C(=O)N[C@H](C)c2ccc(N3CCC(C)CC3)cc2)c1. The maximum absolute atomic E-state index is 12.6. The van der Waals surface area contributed by atoms with Gasteiger partial charge in [-0.1, -0.05) is 31.2 Å². The molecule has 0 saturated carbocycles. The molecule has 0 unspecified atom stereocenters. The number of hydrogen-bond donors (Lipinski definition) is 1. The lowest BCUT2D eigenvalue weighted by molar-refractivity contribution is -0.127. The predicted molar refractivity (Wildman–Crippen MR) is 120 cm³/mol. The van der Waals surface area contributed by atoms with Crippen molar-refractivity contribution in [2.45, 2.75) is 59.6 Å². The highest BCUT2D eigenvalue weighted by atomic mass is 16.5. The van der Waals surface area contributed by atoms with Crippen molar-refractivity contribution in [1.82, 2.24) is 5.32 Å². The topological polar surface area (TPSA) is 41.6 Å². The minimum atomic E-state index is -0.549. The van der Waals surface area contributed by atoms with E-state index < -0.39 is 6.10 Å². The lowest BCUT2D eigenvalue weighted by Crippen LogP contribution is -2.38. The molecule has 4 nitrogen and oxygen atoms in total. The second-order valence-corrected chi connectivity index (χ2v) is 8.52. The molecule has 4 heteroatoms. The van der Waals surface area contributed by atoms with Crippen LogP contribution in [-0.2, 0) is 4.79 Å². The van der Waals surface area contributed by atoms with Crippen molar-refractivity contribution in [3.05, 3.63) is 59.2 Å². The van der Waals surface area contributed by atoms with Crippen LogP contribution in [0.3, 0.4) is 0 Å². The number of anilines is 1. The molecule has 29 heavy (non-hydrogen) atoms. The Bertz CT molecular complexity index is 823. The average Bonchev–Trinajstić information content (AvgIpc) is 2.71. The highest BCUT2D eigenvalue weighted by Crippen LogP contribution is 2.25. The van der Waals surface area contributed by atoms with Crippen molar-refractivity contribution >= 4 is 11.6 Å². The van der Waals surface area contributed by atoms with Gasteiger partial charge in [0.15, 0.2) is 6.10 Å². The molecule has 1 saturated heterocycles. The Morgan fingerprint density at radius 3 is 2.38 bits per heavy atom. The fraction of sp³-hybridized carbons (Fsp3) is 0.480. The van der Waals surface area contributed by atoms with E-state index in [4.69, 9.17) is 4.74 Å². The Hall–Kier alpha value is -2.49. The van der Waals surface area contributed by atoms with Crippen molar-refractivity contribution in [1.29, 1.82) is 0 Å². The molecule has 2 aromatic rings. The van der Waals surface area contributed by atoms with Crippen LogP contribution in [0.2, 0.25) is 0 Å². The zero-order chi connectivity index (χ0) is 21.0. The third kappa shape index (κ3) is 5.53. The van der Waals surface area contributed by atoms with Crippen molar-refractivity contribution < 1.29 is 9.53 Å². The number of carbonyl (C=O) groups is 1. The van der Waals surface area contributed by atoms with E-state index in [1.165, 1.54) is 18.5 Å². The summed E-state index contributed by atoms with van der Waals surface area (Å²) in [5, 5.41) is 3.08. The van der Waals surface area contributed by atoms with Gasteiger partial charge in [0.25, 0.3) is 5.91 Å². The largest absolute Gasteiger partial charge is 0.481 e. The average molecular weight is 395 g/mol. The fourth-order valence-electron chi connectivity index (χ4n) is 3.73. The van der Waals surface area contributed by atoms with Gasteiger partial charge in [-0.15, -0.1) is 0 Å². The van der Waals surface area contributed by atoms with E-state index in [1.807, 2.05) is 39.0 Å². The molecular weight excluding hydrogens is 360 g/mol. The Morgan fingerprint density at radius 1 is 1.07 bits per heavy atom. The third-order valence-corrected chi connectivity index (χ3v) is 5.92. The molecule has 2 atom stereocenters. The van der Waals surface area contributed by atoms with Gasteiger partial charge in [-0.25, -0.2) is 0 Å². The van der Waals surface area contributed by atoms with Crippen molar-refractivity contribution in [2.75, 3.05) is 18.0 Å². The van der Waals surface area contributed by atoms with Gasteiger partial charge in [-0.2, -0.15) is 0 Å². The van der Waals surface area contributed by atoms with E-state index in [9.17, 15) is 4.79 Å². The van der Waals surface area contributed by atoms with Gasteiger partial charge in [0.05, 0.1) is 6.04 Å². The molecule has 1 heterocycles. The summed E-state index contributed by atoms with van der Waals surface area (Å²) in [5.74, 6) is 1.49. The Balaban J connectivity index is 1.56. The smallest absolute Gasteiger partial charge is 0.261 e. The van der Waals surface area contributed by atoms with Crippen LogP contribution in [0, 0.1) is 19.8 Å². The number of nitrogens with one attached hydrogen (secondary N) is 1. The predicted octanol–water partition coefficient (Wildman–Crippen LogP) is 5.18. The normalized spacial score (nSPS) is 16.9. The number of piperidine rings is 1. The molecule has 3 rings (SSSR count). The summed E-state index contributed by atoms with van der Waals surface area (Å²) in [4.78, 5) is 15.1. The first kappa shape index (κ1) is 21.2. The van der Waals surface area contributed by atoms with Crippen LogP contribution in [-0.4, -0.2) is 25.1 Å². The van der Waals surface area contributed by atoms with E-state index >= 15 is 0 Å². The molecule has 1 amide bonds. The van der Waals surface area contributed by atoms with Crippen LogP contribution >= 0.6 is 0 Å². The first-order valence-electron chi connectivity index (χ1n) is 10.7. The summed E-state index contributed by atoms with van der Waals surface area (Å²) in [6, 6.07) is 14.5. The molecule has 0 bridgehead atoms. The van der Waals surface area contributed by atoms with Crippen molar-refractivity contribution in [3.63, 3.8) is 0 Å². The zero-order valence-electron chi connectivity index (χ0n) is 18.4. The van der Waals surface area contributed by atoms with Crippen LogP contribution < -0.4 is 15.0 Å². The summed E-state index contributed by atoms with van der Waals surface area (Å²) < 4.78 is 5.91. The second kappa shape index (κ2) is 9.34. The van der Waals surface area contributed by atoms with E-state index in [2.05, 4.69) is 41.4 Å². The van der Waals surface area contributed by atoms with Crippen LogP contribution in [0.4, 0.5) is 5.69 Å². The quantitative estimate of drug-likeness (QED) is 0.733. The molecule has 0 spiro atoms. The standard InChI is InChI=1S/C25H34N2O2/c1-17-12-14-27(15-13-17)23-10-8-22(9-11-23)20(4)26-25(28)21(5)29-24-16-18(2)6-7-19(24)3/h6-11,16-17,20-21H,12-15H2,1-5H3,(H,26,28)/t20-,21-/m1/s1. The molecule has 1 aliphatic rings. The molecule has 2 aromatic carbocycles. The van der Waals surface area contributed by atoms with Gasteiger partial charge in [-0.05, 0) is 81.3 Å². The lowest BCUT2D eigenvalue weighted by atomic mass is 9.98. The van der Waals surface area contributed by atoms with Crippen molar-refractivity contribution in [3.8, 4) is 5.75 Å². The van der Waals surface area contributed by atoms with Gasteiger partial charge in [0.1, 0.15) is 5.75 Å². The number of rotatable bonds is 6. The highest BCUT2D eigenvalue weighted by molar-refractivity contribution is 5.81. The molecule has 1 fully saturated rings. The minimum absolute atomic E-state index is 0.0671. The summed E-state index contributed by atoms with van der Waals surface area (Å²) in [5.41, 5.74) is 4.53. The van der Waals surface area contributed by atoms with E-state index in [0.29, 0.717) is 0 Å². The highest BCUT2D eigenvalue weighted by Gasteiger charge is 2.19. The first-order chi connectivity index (χ1) is 13.8. The maximum Gasteiger partial charge on any atom is 0.261 e. The Labute approximate surface area is 175 Å². The molecule has 0 aromatic heterocycles. The molecule has 0 aliphatic carbocycles. The van der Waals surface area contributed by atoms with Gasteiger partial charge >= 0.3 is 0 Å². The number of amides is 1. The molecule has 1 N–H and O–H groups in total. The Morgan fingerprint density at radius 2 is 1.72 bits per heavy atom. The summed E-state index contributed by atoms with van der Waals surface area (Å²) in [7, 11) is 0. The van der Waals surface area contributed by atoms with Crippen molar-refractivity contribution in [2.24, 2.45) is 5.92 Å². The first-order valence-corrected chi connectivity index (χ1v) is 10.7. The molecular formula is C25H34N2O2. The number of ether oxygens (including phenoxy) is 1. The van der Waals surface area contributed by atoms with E-state index in [0.717, 1.165) is 41.4 Å². The zero-order valence-corrected chi connectivity index (χ0v) is 18.4. The maximum atomic E-state index is 12.6. The van der Waals surface area contributed by atoms with Crippen LogP contribution in [0.1, 0.15) is 56.3 Å². The summed E-state index contributed by atoms with van der Waals surface area (Å²) in [6.07, 6.45) is 1.96. The number of hydrogen-bond acceptors (Lipinski definition) is 3. The fourth-order valence-corrected chi connectivity index (χ4v) is 3.73. The summed E-state index contributed by atoms with van der Waals surface area (Å²) >= 11 is 0. The van der Waals surface area contributed by atoms with Gasteiger partial charge in [0.2, 0.25) is 0 Å². The summed E-state index contributed by atoms with van der Waals surface area (Å²) in [6.45, 7) is 12.4. The van der Waals surface area contributed by atoms with Crippen LogP contribution in [0.25, 0.3) is 0 Å². The number of nitrogens with zero attached hydrogens (tertiary/aromatic N) is 1. The molecule has 156 valence electrons. The molecule has 0 radical (unpaired) electrons. The van der Waals surface area contributed by atoms with Crippen LogP contribution in [0.5, 0.6) is 5.75 Å². The monoisotopic (exact) mass is 394 g/mol. The molecule has 1 aliphatic heterocycles. The van der Waals surface area contributed by atoms with E-state index in [-0.39, 0.29) is 11.9 Å². The van der Waals surface area contributed by atoms with Gasteiger partial charge in [-0.3, -0.25) is 4.79 Å². The van der Waals surface area contributed by atoms with E-state index in [1.54, 1.807) is 6.92 Å². The van der Waals surface area contributed by atoms with Gasteiger partial charge in [0, 0.05) is 18.8 Å². The lowest BCUT2D eigenvalue weighted by Gasteiger charge is -2.32. The van der Waals surface area contributed by atoms with Gasteiger partial charge < -0.3 is 15.0 Å². The Kier molecular flexibility index (Phi) is 6.83. The second-order valence-electron chi connectivity index (χ2n) is 8.52.